The lowest BCUT2D eigenvalue weighted by Gasteiger charge is -2.03. The van der Waals surface area contributed by atoms with Crippen LogP contribution in [0.3, 0.4) is 0 Å². The second-order valence-corrected chi connectivity index (χ2v) is 7.34. The Morgan fingerprint density at radius 1 is 1.06 bits per heavy atom. The van der Waals surface area contributed by atoms with E-state index in [9.17, 15) is 4.39 Å². The molecule has 6 heteroatoms. The maximum atomic E-state index is 14.5. The third-order valence-electron chi connectivity index (χ3n) is 5.44. The summed E-state index contributed by atoms with van der Waals surface area (Å²) in [5, 5.41) is 9.23. The number of aromatic amines is 2. The zero-order chi connectivity index (χ0) is 22.1. The number of hydrogen-bond donors (Lipinski definition) is 2. The standard InChI is InChI=1S/C26H20FN5/c1-3-5-8-16(4-2)17-11-20-25(31-32-26(20)29-13-17)23-12-19-21(14-28-15-24(19)30-23)18-9-6-7-10-22(18)27/h3-15,30H,1H2,2H3,(H,29,31,32)/b8-5-,16-4+. The van der Waals surface area contributed by atoms with E-state index in [4.69, 9.17) is 0 Å². The Morgan fingerprint density at radius 2 is 1.94 bits per heavy atom. The van der Waals surface area contributed by atoms with Gasteiger partial charge in [0.25, 0.3) is 0 Å². The van der Waals surface area contributed by atoms with Gasteiger partial charge >= 0.3 is 0 Å². The topological polar surface area (TPSA) is 70.2 Å². The van der Waals surface area contributed by atoms with Gasteiger partial charge < -0.3 is 4.98 Å². The van der Waals surface area contributed by atoms with Crippen molar-refractivity contribution in [2.24, 2.45) is 0 Å². The molecule has 5 nitrogen and oxygen atoms in total. The molecule has 0 aliphatic carbocycles. The number of nitrogens with zero attached hydrogens (tertiary/aromatic N) is 3. The molecule has 0 aliphatic heterocycles. The van der Waals surface area contributed by atoms with Gasteiger partial charge in [-0.05, 0) is 30.7 Å². The predicted octanol–water partition coefficient (Wildman–Crippen LogP) is 6.45. The van der Waals surface area contributed by atoms with Crippen LogP contribution in [-0.2, 0) is 0 Å². The molecule has 5 rings (SSSR count). The first-order valence-electron chi connectivity index (χ1n) is 10.2. The Kier molecular flexibility index (Phi) is 4.95. The molecule has 0 radical (unpaired) electrons. The van der Waals surface area contributed by atoms with Crippen molar-refractivity contribution in [2.45, 2.75) is 6.92 Å². The first-order chi connectivity index (χ1) is 15.7. The van der Waals surface area contributed by atoms with Crippen molar-refractivity contribution in [3.8, 4) is 22.5 Å². The fraction of sp³-hybridized carbons (Fsp3) is 0.0385. The summed E-state index contributed by atoms with van der Waals surface area (Å²) < 4.78 is 14.5. The summed E-state index contributed by atoms with van der Waals surface area (Å²) in [5.74, 6) is -0.281. The Labute approximate surface area is 184 Å². The van der Waals surface area contributed by atoms with Crippen LogP contribution in [0.5, 0.6) is 0 Å². The highest BCUT2D eigenvalue weighted by molar-refractivity contribution is 6.00. The summed E-state index contributed by atoms with van der Waals surface area (Å²) in [7, 11) is 0. The molecule has 0 saturated carbocycles. The maximum absolute atomic E-state index is 14.5. The van der Waals surface area contributed by atoms with Crippen molar-refractivity contribution in [3.63, 3.8) is 0 Å². The molecule has 0 unspecified atom stereocenters. The van der Waals surface area contributed by atoms with E-state index in [1.54, 1.807) is 36.8 Å². The highest BCUT2D eigenvalue weighted by atomic mass is 19.1. The third kappa shape index (κ3) is 3.32. The number of allylic oxidation sites excluding steroid dienone is 5. The molecule has 0 atom stereocenters. The molecule has 0 bridgehead atoms. The Morgan fingerprint density at radius 3 is 2.75 bits per heavy atom. The molecule has 4 heterocycles. The number of halogens is 1. The summed E-state index contributed by atoms with van der Waals surface area (Å²) in [4.78, 5) is 12.2. The summed E-state index contributed by atoms with van der Waals surface area (Å²) in [6, 6.07) is 10.8. The molecule has 0 saturated heterocycles. The summed E-state index contributed by atoms with van der Waals surface area (Å²) in [6.45, 7) is 5.72. The zero-order valence-corrected chi connectivity index (χ0v) is 17.4. The van der Waals surface area contributed by atoms with Gasteiger partial charge in [0.1, 0.15) is 5.82 Å². The minimum Gasteiger partial charge on any atom is -0.352 e. The van der Waals surface area contributed by atoms with E-state index in [2.05, 4.69) is 37.8 Å². The van der Waals surface area contributed by atoms with Crippen LogP contribution in [0.25, 0.3) is 50.0 Å². The van der Waals surface area contributed by atoms with Crippen molar-refractivity contribution >= 4 is 27.5 Å². The normalized spacial score (nSPS) is 12.2. The molecule has 156 valence electrons. The SMILES string of the molecule is C=C/C=C\C(=C/C)c1cnc2n[nH]c(-c3cc4c(-c5ccccc5F)cncc4[nH]3)c2c1. The minimum atomic E-state index is -0.281. The molecule has 2 N–H and O–H groups in total. The first kappa shape index (κ1) is 19.6. The second kappa shape index (κ2) is 8.07. The van der Waals surface area contributed by atoms with Crippen LogP contribution in [0.2, 0.25) is 0 Å². The number of benzene rings is 1. The van der Waals surface area contributed by atoms with Crippen LogP contribution >= 0.6 is 0 Å². The van der Waals surface area contributed by atoms with Gasteiger partial charge in [0.15, 0.2) is 5.65 Å². The van der Waals surface area contributed by atoms with Crippen molar-refractivity contribution in [2.75, 3.05) is 0 Å². The van der Waals surface area contributed by atoms with E-state index in [0.717, 1.165) is 44.4 Å². The van der Waals surface area contributed by atoms with Crippen LogP contribution in [-0.4, -0.2) is 25.1 Å². The summed E-state index contributed by atoms with van der Waals surface area (Å²) in [6.07, 6.45) is 12.9. The van der Waals surface area contributed by atoms with Gasteiger partial charge in [-0.1, -0.05) is 49.1 Å². The third-order valence-corrected chi connectivity index (χ3v) is 5.44. The van der Waals surface area contributed by atoms with Gasteiger partial charge in [-0.3, -0.25) is 10.1 Å². The van der Waals surface area contributed by atoms with E-state index in [1.807, 2.05) is 37.3 Å². The first-order valence-corrected chi connectivity index (χ1v) is 10.2. The fourth-order valence-corrected chi connectivity index (χ4v) is 3.87. The number of pyridine rings is 2. The van der Waals surface area contributed by atoms with Gasteiger partial charge in [0.2, 0.25) is 0 Å². The highest BCUT2D eigenvalue weighted by Gasteiger charge is 2.16. The zero-order valence-electron chi connectivity index (χ0n) is 17.4. The monoisotopic (exact) mass is 421 g/mol. The van der Waals surface area contributed by atoms with Crippen molar-refractivity contribution in [1.29, 1.82) is 0 Å². The summed E-state index contributed by atoms with van der Waals surface area (Å²) in [5.41, 5.74) is 6.34. The quantitative estimate of drug-likeness (QED) is 0.320. The van der Waals surface area contributed by atoms with Crippen LogP contribution in [0.15, 0.2) is 85.9 Å². The maximum Gasteiger partial charge on any atom is 0.181 e. The number of rotatable bonds is 5. The second-order valence-electron chi connectivity index (χ2n) is 7.34. The van der Waals surface area contributed by atoms with E-state index in [1.165, 1.54) is 6.07 Å². The van der Waals surface area contributed by atoms with Gasteiger partial charge in [0.05, 0.1) is 23.1 Å². The number of fused-ring (bicyclic) bond motifs is 2. The molecular weight excluding hydrogens is 401 g/mol. The number of hydrogen-bond acceptors (Lipinski definition) is 3. The van der Waals surface area contributed by atoms with E-state index in [-0.39, 0.29) is 5.82 Å². The fourth-order valence-electron chi connectivity index (χ4n) is 3.87. The highest BCUT2D eigenvalue weighted by Crippen LogP contribution is 2.34. The Hall–Kier alpha value is -4.32. The molecule has 0 aliphatic rings. The molecule has 0 amide bonds. The summed E-state index contributed by atoms with van der Waals surface area (Å²) >= 11 is 0. The Balaban J connectivity index is 1.66. The number of aromatic nitrogens is 5. The van der Waals surface area contributed by atoms with Crippen molar-refractivity contribution in [1.82, 2.24) is 25.1 Å². The lowest BCUT2D eigenvalue weighted by atomic mass is 10.0. The molecule has 4 aromatic heterocycles. The molecule has 0 spiro atoms. The molecule has 1 aromatic carbocycles. The lowest BCUT2D eigenvalue weighted by molar-refractivity contribution is 0.631. The van der Waals surface area contributed by atoms with E-state index in [0.29, 0.717) is 11.2 Å². The Bertz CT molecular complexity index is 1520. The van der Waals surface area contributed by atoms with Crippen LogP contribution in [0, 0.1) is 5.82 Å². The molecule has 5 aromatic rings. The van der Waals surface area contributed by atoms with E-state index >= 15 is 0 Å². The number of H-pyrrole nitrogens is 2. The van der Waals surface area contributed by atoms with Crippen LogP contribution in [0.4, 0.5) is 4.39 Å². The van der Waals surface area contributed by atoms with Gasteiger partial charge in [0, 0.05) is 39.9 Å². The van der Waals surface area contributed by atoms with Gasteiger partial charge in [-0.25, -0.2) is 9.37 Å². The smallest absolute Gasteiger partial charge is 0.181 e. The molecular formula is C26H20FN5. The predicted molar refractivity (Wildman–Crippen MR) is 127 cm³/mol. The van der Waals surface area contributed by atoms with Crippen LogP contribution in [0.1, 0.15) is 12.5 Å². The van der Waals surface area contributed by atoms with Crippen molar-refractivity contribution < 1.29 is 4.39 Å². The number of nitrogens with one attached hydrogen (secondary N) is 2. The largest absolute Gasteiger partial charge is 0.352 e. The molecule has 32 heavy (non-hydrogen) atoms. The lowest BCUT2D eigenvalue weighted by Crippen LogP contribution is -1.85. The van der Waals surface area contributed by atoms with Crippen LogP contribution < -0.4 is 0 Å². The van der Waals surface area contributed by atoms with Gasteiger partial charge in [-0.2, -0.15) is 5.10 Å². The minimum absolute atomic E-state index is 0.281. The van der Waals surface area contributed by atoms with Gasteiger partial charge in [-0.15, -0.1) is 0 Å². The average Bonchev–Trinajstić information content (AvgIpc) is 3.43. The average molecular weight is 421 g/mol. The molecule has 0 fully saturated rings. The van der Waals surface area contributed by atoms with Crippen molar-refractivity contribution in [3.05, 3.63) is 97.3 Å². The van der Waals surface area contributed by atoms with E-state index < -0.39 is 0 Å².